The summed E-state index contributed by atoms with van der Waals surface area (Å²) >= 11 is 6.14. The maximum Gasteiger partial charge on any atom is 0.0589 e. The van der Waals surface area contributed by atoms with Crippen molar-refractivity contribution in [1.29, 1.82) is 0 Å². The Bertz CT molecular complexity index is 346. The molecule has 0 fully saturated rings. The van der Waals surface area contributed by atoms with Crippen molar-refractivity contribution in [3.05, 3.63) is 34.9 Å². The van der Waals surface area contributed by atoms with Crippen LogP contribution in [0.25, 0.3) is 0 Å². The molecule has 0 saturated heterocycles. The molecule has 4 heteroatoms. The molecule has 0 heterocycles. The van der Waals surface area contributed by atoms with Crippen LogP contribution in [-0.4, -0.2) is 38.3 Å². The minimum atomic E-state index is -0.00436. The Kier molecular flexibility index (Phi) is 7.28. The highest BCUT2D eigenvalue weighted by Gasteiger charge is 2.11. The van der Waals surface area contributed by atoms with Gasteiger partial charge in [-0.1, -0.05) is 36.7 Å². The average molecular weight is 271 g/mol. The summed E-state index contributed by atoms with van der Waals surface area (Å²) in [5.41, 5.74) is 7.21. The van der Waals surface area contributed by atoms with E-state index in [0.29, 0.717) is 0 Å². The van der Waals surface area contributed by atoms with Gasteiger partial charge in [0.25, 0.3) is 0 Å². The second kappa shape index (κ2) is 8.48. The quantitative estimate of drug-likeness (QED) is 0.789. The van der Waals surface area contributed by atoms with Gasteiger partial charge in [-0.2, -0.15) is 0 Å². The molecule has 0 aliphatic rings. The number of likely N-dealkylation sites (N-methyl/N-ethyl adjacent to an activating group) is 1. The van der Waals surface area contributed by atoms with Crippen molar-refractivity contribution in [2.24, 2.45) is 5.73 Å². The van der Waals surface area contributed by atoms with Crippen LogP contribution in [0.3, 0.4) is 0 Å². The first-order valence-corrected chi connectivity index (χ1v) is 6.78. The molecule has 102 valence electrons. The summed E-state index contributed by atoms with van der Waals surface area (Å²) in [7, 11) is 1.73. The van der Waals surface area contributed by atoms with Crippen LogP contribution in [0.1, 0.15) is 24.9 Å². The van der Waals surface area contributed by atoms with Crippen LogP contribution in [-0.2, 0) is 4.74 Å². The van der Waals surface area contributed by atoms with E-state index in [2.05, 4.69) is 11.8 Å². The molecule has 0 radical (unpaired) electrons. The Morgan fingerprint density at radius 1 is 1.33 bits per heavy atom. The number of methoxy groups -OCH3 is 1. The lowest BCUT2D eigenvalue weighted by Crippen LogP contribution is -2.30. The van der Waals surface area contributed by atoms with E-state index in [1.807, 2.05) is 24.3 Å². The molecular formula is C14H23ClN2O. The Morgan fingerprint density at radius 3 is 2.67 bits per heavy atom. The molecule has 0 aliphatic heterocycles. The predicted molar refractivity (Wildman–Crippen MR) is 77.0 cm³/mol. The van der Waals surface area contributed by atoms with Gasteiger partial charge in [0.05, 0.1) is 6.61 Å². The zero-order valence-corrected chi connectivity index (χ0v) is 12.0. The zero-order chi connectivity index (χ0) is 13.4. The molecule has 3 nitrogen and oxygen atoms in total. The summed E-state index contributed by atoms with van der Waals surface area (Å²) in [6.45, 7) is 5.83. The largest absolute Gasteiger partial charge is 0.383 e. The highest BCUT2D eigenvalue weighted by Crippen LogP contribution is 2.23. The summed E-state index contributed by atoms with van der Waals surface area (Å²) in [5.74, 6) is 0. The first-order valence-electron chi connectivity index (χ1n) is 6.40. The number of hydrogen-bond acceptors (Lipinski definition) is 3. The van der Waals surface area contributed by atoms with Gasteiger partial charge in [-0.15, -0.1) is 0 Å². The molecular weight excluding hydrogens is 248 g/mol. The summed E-state index contributed by atoms with van der Waals surface area (Å²) in [5, 5.41) is 0.755. The minimum absolute atomic E-state index is 0.00436. The van der Waals surface area contributed by atoms with Crippen LogP contribution in [0.5, 0.6) is 0 Å². The number of ether oxygens (including phenoxy) is 1. The lowest BCUT2D eigenvalue weighted by Gasteiger charge is -2.22. The number of benzene rings is 1. The zero-order valence-electron chi connectivity index (χ0n) is 11.2. The molecule has 0 aromatic heterocycles. The van der Waals surface area contributed by atoms with Crippen molar-refractivity contribution in [3.63, 3.8) is 0 Å². The number of nitrogens with two attached hydrogens (primary N) is 1. The smallest absolute Gasteiger partial charge is 0.0589 e. The van der Waals surface area contributed by atoms with E-state index >= 15 is 0 Å². The molecule has 1 rings (SSSR count). The van der Waals surface area contributed by atoms with E-state index in [0.717, 1.165) is 43.2 Å². The maximum absolute atomic E-state index is 6.19. The fourth-order valence-electron chi connectivity index (χ4n) is 1.90. The first-order chi connectivity index (χ1) is 8.69. The van der Waals surface area contributed by atoms with E-state index in [9.17, 15) is 0 Å². The van der Waals surface area contributed by atoms with Gasteiger partial charge < -0.3 is 15.4 Å². The van der Waals surface area contributed by atoms with Crippen LogP contribution in [0, 0.1) is 0 Å². The molecule has 0 bridgehead atoms. The SMILES string of the molecule is CCN(CCOC)CCC(N)c1ccccc1Cl. The fraction of sp³-hybridized carbons (Fsp3) is 0.571. The first kappa shape index (κ1) is 15.4. The van der Waals surface area contributed by atoms with Crippen LogP contribution in [0.2, 0.25) is 5.02 Å². The second-order valence-corrected chi connectivity index (χ2v) is 4.75. The molecule has 0 aliphatic carbocycles. The standard InChI is InChI=1S/C14H23ClN2O/c1-3-17(10-11-18-2)9-8-14(16)12-6-4-5-7-13(12)15/h4-7,14H,3,8-11,16H2,1-2H3. The highest BCUT2D eigenvalue weighted by molar-refractivity contribution is 6.31. The number of nitrogens with zero attached hydrogens (tertiary/aromatic N) is 1. The van der Waals surface area contributed by atoms with Crippen LogP contribution in [0.15, 0.2) is 24.3 Å². The Morgan fingerprint density at radius 2 is 2.06 bits per heavy atom. The van der Waals surface area contributed by atoms with E-state index < -0.39 is 0 Å². The normalized spacial score (nSPS) is 12.9. The third kappa shape index (κ3) is 4.94. The molecule has 1 aromatic rings. The molecule has 18 heavy (non-hydrogen) atoms. The maximum atomic E-state index is 6.19. The highest BCUT2D eigenvalue weighted by atomic mass is 35.5. The Hall–Kier alpha value is -0.610. The lowest BCUT2D eigenvalue weighted by atomic mass is 10.0. The van der Waals surface area contributed by atoms with Gasteiger partial charge in [0.2, 0.25) is 0 Å². The summed E-state index contributed by atoms with van der Waals surface area (Å²) in [6, 6.07) is 7.78. The van der Waals surface area contributed by atoms with E-state index in [4.69, 9.17) is 22.1 Å². The molecule has 0 spiro atoms. The third-order valence-corrected chi connectivity index (χ3v) is 3.46. The number of halogens is 1. The Balaban J connectivity index is 2.44. The van der Waals surface area contributed by atoms with Gasteiger partial charge in [-0.3, -0.25) is 0 Å². The molecule has 1 aromatic carbocycles. The predicted octanol–water partition coefficient (Wildman–Crippen LogP) is 2.70. The van der Waals surface area contributed by atoms with Crippen molar-refractivity contribution in [2.45, 2.75) is 19.4 Å². The number of rotatable bonds is 8. The van der Waals surface area contributed by atoms with Crippen molar-refractivity contribution in [3.8, 4) is 0 Å². The van der Waals surface area contributed by atoms with Crippen molar-refractivity contribution >= 4 is 11.6 Å². The molecule has 0 saturated carbocycles. The second-order valence-electron chi connectivity index (χ2n) is 4.34. The fourth-order valence-corrected chi connectivity index (χ4v) is 2.18. The lowest BCUT2D eigenvalue weighted by molar-refractivity contribution is 0.149. The van der Waals surface area contributed by atoms with E-state index in [1.54, 1.807) is 7.11 Å². The van der Waals surface area contributed by atoms with Crippen LogP contribution in [0.4, 0.5) is 0 Å². The molecule has 1 unspecified atom stereocenters. The molecule has 1 atom stereocenters. The van der Waals surface area contributed by atoms with Gasteiger partial charge in [-0.05, 0) is 24.6 Å². The van der Waals surface area contributed by atoms with Gasteiger partial charge in [0.1, 0.15) is 0 Å². The monoisotopic (exact) mass is 270 g/mol. The van der Waals surface area contributed by atoms with Crippen molar-refractivity contribution < 1.29 is 4.74 Å². The van der Waals surface area contributed by atoms with Gasteiger partial charge in [0, 0.05) is 31.3 Å². The van der Waals surface area contributed by atoms with Crippen LogP contribution >= 0.6 is 11.6 Å². The topological polar surface area (TPSA) is 38.5 Å². The number of hydrogen-bond donors (Lipinski definition) is 1. The average Bonchev–Trinajstić information content (AvgIpc) is 2.39. The summed E-state index contributed by atoms with van der Waals surface area (Å²) in [6.07, 6.45) is 0.904. The van der Waals surface area contributed by atoms with Crippen molar-refractivity contribution in [1.82, 2.24) is 4.90 Å². The van der Waals surface area contributed by atoms with Crippen molar-refractivity contribution in [2.75, 3.05) is 33.4 Å². The van der Waals surface area contributed by atoms with E-state index in [1.165, 1.54) is 0 Å². The summed E-state index contributed by atoms with van der Waals surface area (Å²) in [4.78, 5) is 2.33. The Labute approximate surface area is 115 Å². The summed E-state index contributed by atoms with van der Waals surface area (Å²) < 4.78 is 5.09. The third-order valence-electron chi connectivity index (χ3n) is 3.12. The van der Waals surface area contributed by atoms with Gasteiger partial charge in [0.15, 0.2) is 0 Å². The van der Waals surface area contributed by atoms with Gasteiger partial charge in [-0.25, -0.2) is 0 Å². The van der Waals surface area contributed by atoms with E-state index in [-0.39, 0.29) is 6.04 Å². The van der Waals surface area contributed by atoms with Gasteiger partial charge >= 0.3 is 0 Å². The molecule has 2 N–H and O–H groups in total. The molecule has 0 amide bonds. The minimum Gasteiger partial charge on any atom is -0.383 e. The van der Waals surface area contributed by atoms with Crippen LogP contribution < -0.4 is 5.73 Å².